The van der Waals surface area contributed by atoms with Crippen LogP contribution in [0.1, 0.15) is 6.92 Å². The van der Waals surface area contributed by atoms with Gasteiger partial charge in [0.05, 0.1) is 0 Å². The Kier molecular flexibility index (Phi) is 3.41. The molecule has 0 aromatic rings. The second kappa shape index (κ2) is 4.05. The summed E-state index contributed by atoms with van der Waals surface area (Å²) in [6.07, 6.45) is 3.06. The Morgan fingerprint density at radius 2 is 2.50 bits per heavy atom. The molecule has 0 heterocycles. The molecule has 6 heavy (non-hydrogen) atoms. The Hall–Kier alpha value is -0.950. The van der Waals surface area contributed by atoms with Crippen molar-refractivity contribution in [2.24, 2.45) is 5.11 Å². The van der Waals surface area contributed by atoms with Crippen molar-refractivity contribution in [3.63, 3.8) is 0 Å². The van der Waals surface area contributed by atoms with Gasteiger partial charge in [-0.1, -0.05) is 11.2 Å². The van der Waals surface area contributed by atoms with Gasteiger partial charge in [-0.05, 0) is 18.7 Å². The van der Waals surface area contributed by atoms with E-state index >= 15 is 0 Å². The summed E-state index contributed by atoms with van der Waals surface area (Å²) in [6.45, 7) is 1.79. The first-order chi connectivity index (χ1) is 2.91. The fraction of sp³-hybridized carbons (Fsp3) is 0.333. The molecule has 0 amide bonds. The van der Waals surface area contributed by atoms with Crippen molar-refractivity contribution >= 4 is 0 Å². The maximum absolute atomic E-state index is 7.60. The number of nitrogens with zero attached hydrogens (tertiary/aromatic N) is 3. The third-order valence-electron chi connectivity index (χ3n) is 0.267. The van der Waals surface area contributed by atoms with Gasteiger partial charge in [0.25, 0.3) is 0 Å². The highest BCUT2D eigenvalue weighted by atomic mass is 15.1. The van der Waals surface area contributed by atoms with Crippen LogP contribution in [0.4, 0.5) is 0 Å². The lowest BCUT2D eigenvalue weighted by Gasteiger charge is -1.55. The van der Waals surface area contributed by atoms with Crippen molar-refractivity contribution < 1.29 is 0 Å². The molecular formula is C3H5N3. The average Bonchev–Trinajstić information content (AvgIpc) is 1.61. The van der Waals surface area contributed by atoms with Gasteiger partial charge < -0.3 is 0 Å². The van der Waals surface area contributed by atoms with Gasteiger partial charge in [-0.2, -0.15) is 0 Å². The smallest absolute Gasteiger partial charge is 0.00474 e. The van der Waals surface area contributed by atoms with Gasteiger partial charge in [-0.3, -0.25) is 0 Å². The van der Waals surface area contributed by atoms with Crippen molar-refractivity contribution in [3.8, 4) is 0 Å². The van der Waals surface area contributed by atoms with Crippen LogP contribution in [-0.4, -0.2) is 0 Å². The monoisotopic (exact) mass is 83.0 g/mol. The summed E-state index contributed by atoms with van der Waals surface area (Å²) in [6, 6.07) is 0. The largest absolute Gasteiger partial charge is 0.0854 e. The van der Waals surface area contributed by atoms with E-state index in [0.29, 0.717) is 0 Å². The van der Waals surface area contributed by atoms with Gasteiger partial charge in [-0.15, -0.1) is 0 Å². The molecule has 0 atom stereocenters. The minimum Gasteiger partial charge on any atom is -0.0854 e. The Bertz CT molecular complexity index is 88.2. The molecule has 0 bridgehead atoms. The van der Waals surface area contributed by atoms with Crippen molar-refractivity contribution in [1.29, 1.82) is 0 Å². The average molecular weight is 83.1 g/mol. The van der Waals surface area contributed by atoms with Crippen LogP contribution in [-0.2, 0) is 0 Å². The highest BCUT2D eigenvalue weighted by molar-refractivity contribution is 4.73. The molecule has 0 aliphatic heterocycles. The second-order valence-electron chi connectivity index (χ2n) is 0.687. The van der Waals surface area contributed by atoms with Gasteiger partial charge in [-0.25, -0.2) is 0 Å². The first kappa shape index (κ1) is 5.05. The van der Waals surface area contributed by atoms with Gasteiger partial charge in [0.2, 0.25) is 0 Å². The summed E-state index contributed by atoms with van der Waals surface area (Å²) in [4.78, 5) is 2.46. The molecule has 3 nitrogen and oxygen atoms in total. The van der Waals surface area contributed by atoms with Gasteiger partial charge in [0.1, 0.15) is 0 Å². The van der Waals surface area contributed by atoms with Crippen LogP contribution in [0, 0.1) is 0 Å². The molecule has 0 aromatic carbocycles. The molecule has 0 N–H and O–H groups in total. The van der Waals surface area contributed by atoms with Crippen LogP contribution in [0.25, 0.3) is 10.4 Å². The van der Waals surface area contributed by atoms with Crippen LogP contribution < -0.4 is 0 Å². The van der Waals surface area contributed by atoms with E-state index in [9.17, 15) is 0 Å². The SMILES string of the molecule is CC=CN=[N+]=[N-]. The van der Waals surface area contributed by atoms with Crippen LogP contribution in [0.5, 0.6) is 0 Å². The van der Waals surface area contributed by atoms with Crippen LogP contribution in [0.15, 0.2) is 17.4 Å². The standard InChI is InChI=1S/C3H5N3/c1-2-3-5-6-4/h2-3H,1H3. The molecule has 3 heteroatoms. The maximum Gasteiger partial charge on any atom is 0.00474 e. The third-order valence-corrected chi connectivity index (χ3v) is 0.267. The maximum atomic E-state index is 7.60. The molecule has 0 aliphatic carbocycles. The molecule has 0 fully saturated rings. The van der Waals surface area contributed by atoms with E-state index in [-0.39, 0.29) is 0 Å². The summed E-state index contributed by atoms with van der Waals surface area (Å²) in [5, 5.41) is 3.09. The number of hydrogen-bond acceptors (Lipinski definition) is 1. The van der Waals surface area contributed by atoms with E-state index in [1.54, 1.807) is 13.0 Å². The van der Waals surface area contributed by atoms with Crippen molar-refractivity contribution in [2.45, 2.75) is 6.92 Å². The van der Waals surface area contributed by atoms with Crippen LogP contribution in [0.3, 0.4) is 0 Å². The van der Waals surface area contributed by atoms with Crippen molar-refractivity contribution in [3.05, 3.63) is 22.7 Å². The van der Waals surface area contributed by atoms with E-state index in [2.05, 4.69) is 10.0 Å². The molecule has 0 radical (unpaired) electrons. The van der Waals surface area contributed by atoms with Crippen molar-refractivity contribution in [1.82, 2.24) is 0 Å². The summed E-state index contributed by atoms with van der Waals surface area (Å²) < 4.78 is 0. The zero-order valence-electron chi connectivity index (χ0n) is 3.50. The number of azide groups is 1. The van der Waals surface area contributed by atoms with E-state index in [1.807, 2.05) is 0 Å². The normalized spacial score (nSPS) is 8.17. The van der Waals surface area contributed by atoms with Crippen LogP contribution >= 0.6 is 0 Å². The molecule has 0 rings (SSSR count). The summed E-state index contributed by atoms with van der Waals surface area (Å²) in [5.74, 6) is 0. The fourth-order valence-corrected chi connectivity index (χ4v) is 0.0965. The molecule has 32 valence electrons. The Labute approximate surface area is 35.9 Å². The lowest BCUT2D eigenvalue weighted by molar-refractivity contribution is 1.48. The molecule has 0 unspecified atom stereocenters. The number of hydrogen-bond donors (Lipinski definition) is 0. The Morgan fingerprint density at radius 1 is 1.83 bits per heavy atom. The van der Waals surface area contributed by atoms with E-state index in [4.69, 9.17) is 5.53 Å². The Morgan fingerprint density at radius 3 is 2.67 bits per heavy atom. The minimum atomic E-state index is 1.39. The summed E-state index contributed by atoms with van der Waals surface area (Å²) >= 11 is 0. The second-order valence-corrected chi connectivity index (χ2v) is 0.687. The number of allylic oxidation sites excluding steroid dienone is 1. The van der Waals surface area contributed by atoms with Gasteiger partial charge in [0.15, 0.2) is 0 Å². The van der Waals surface area contributed by atoms with Gasteiger partial charge in [0, 0.05) is 4.91 Å². The highest BCUT2D eigenvalue weighted by Gasteiger charge is 1.47. The van der Waals surface area contributed by atoms with Crippen LogP contribution in [0.2, 0.25) is 0 Å². The fourth-order valence-electron chi connectivity index (χ4n) is 0.0965. The summed E-state index contributed by atoms with van der Waals surface area (Å²) in [7, 11) is 0. The predicted octanol–water partition coefficient (Wildman–Crippen LogP) is 1.83. The zero-order chi connectivity index (χ0) is 4.83. The first-order valence-corrected chi connectivity index (χ1v) is 1.57. The molecule has 0 saturated heterocycles. The highest BCUT2D eigenvalue weighted by Crippen LogP contribution is 1.69. The molecular weight excluding hydrogens is 78.1 g/mol. The zero-order valence-corrected chi connectivity index (χ0v) is 3.50. The predicted molar refractivity (Wildman–Crippen MR) is 24.0 cm³/mol. The lowest BCUT2D eigenvalue weighted by Crippen LogP contribution is -1.34. The number of rotatable bonds is 1. The third kappa shape index (κ3) is 3.05. The van der Waals surface area contributed by atoms with E-state index < -0.39 is 0 Å². The quantitative estimate of drug-likeness (QED) is 0.264. The van der Waals surface area contributed by atoms with Crippen molar-refractivity contribution in [2.75, 3.05) is 0 Å². The first-order valence-electron chi connectivity index (χ1n) is 1.57. The Balaban J connectivity index is 3.33. The molecule has 0 aromatic heterocycles. The molecule has 0 saturated carbocycles. The summed E-state index contributed by atoms with van der Waals surface area (Å²) in [5.41, 5.74) is 7.60. The van der Waals surface area contributed by atoms with Gasteiger partial charge >= 0.3 is 0 Å². The minimum absolute atomic E-state index is 1.39. The molecule has 0 aliphatic rings. The lowest BCUT2D eigenvalue weighted by atomic mass is 10.7. The van der Waals surface area contributed by atoms with E-state index in [1.165, 1.54) is 6.20 Å². The topological polar surface area (TPSA) is 48.8 Å². The molecule has 0 spiro atoms. The van der Waals surface area contributed by atoms with E-state index in [0.717, 1.165) is 0 Å².